The van der Waals surface area contributed by atoms with Gasteiger partial charge < -0.3 is 19.3 Å². The molecule has 1 unspecified atom stereocenters. The molecule has 3 rings (SSSR count). The van der Waals surface area contributed by atoms with Crippen molar-refractivity contribution in [1.82, 2.24) is 0 Å². The predicted molar refractivity (Wildman–Crippen MR) is 128 cm³/mol. The molecular formula is C25H25ClO5S. The summed E-state index contributed by atoms with van der Waals surface area (Å²) in [6.45, 7) is 4.37. The summed E-state index contributed by atoms with van der Waals surface area (Å²) in [6, 6.07) is 20.4. The lowest BCUT2D eigenvalue weighted by atomic mass is 10.2. The average molecular weight is 473 g/mol. The molecule has 1 N–H and O–H groups in total. The van der Waals surface area contributed by atoms with E-state index in [1.165, 1.54) is 11.8 Å². The molecule has 0 saturated heterocycles. The molecule has 3 aromatic carbocycles. The third kappa shape index (κ3) is 7.39. The number of thioether (sulfide) groups is 1. The highest BCUT2D eigenvalue weighted by atomic mass is 35.5. The van der Waals surface area contributed by atoms with Gasteiger partial charge in [-0.1, -0.05) is 29.8 Å². The van der Waals surface area contributed by atoms with Crippen LogP contribution in [0.1, 0.15) is 18.9 Å². The lowest BCUT2D eigenvalue weighted by Gasteiger charge is -2.17. The number of aryl methyl sites for hydroxylation is 1. The van der Waals surface area contributed by atoms with Crippen molar-refractivity contribution in [3.63, 3.8) is 0 Å². The largest absolute Gasteiger partial charge is 0.491 e. The van der Waals surface area contributed by atoms with Gasteiger partial charge in [-0.05, 0) is 61.9 Å². The molecule has 3 aromatic rings. The molecule has 0 amide bonds. The predicted octanol–water partition coefficient (Wildman–Crippen LogP) is 6.85. The minimum Gasteiger partial charge on any atom is -0.491 e. The molecule has 0 bridgehead atoms. The van der Waals surface area contributed by atoms with Gasteiger partial charge in [0.25, 0.3) is 0 Å². The quantitative estimate of drug-likeness (QED) is 0.308. The van der Waals surface area contributed by atoms with Crippen molar-refractivity contribution in [2.75, 3.05) is 12.4 Å². The number of carboxylic acid groups (broad SMARTS) is 1. The molecular weight excluding hydrogens is 448 g/mol. The summed E-state index contributed by atoms with van der Waals surface area (Å²) in [5, 5.41) is 9.41. The van der Waals surface area contributed by atoms with Gasteiger partial charge in [-0.3, -0.25) is 4.79 Å². The second-order valence-corrected chi connectivity index (χ2v) is 8.64. The molecule has 0 saturated carbocycles. The monoisotopic (exact) mass is 472 g/mol. The van der Waals surface area contributed by atoms with Gasteiger partial charge in [0.05, 0.1) is 18.5 Å². The van der Waals surface area contributed by atoms with Gasteiger partial charge in [0.1, 0.15) is 11.5 Å². The van der Waals surface area contributed by atoms with E-state index in [-0.39, 0.29) is 11.9 Å². The van der Waals surface area contributed by atoms with Crippen molar-refractivity contribution in [2.45, 2.75) is 31.3 Å². The highest BCUT2D eigenvalue weighted by Crippen LogP contribution is 2.34. The molecule has 0 aliphatic carbocycles. The second-order valence-electron chi connectivity index (χ2n) is 7.18. The van der Waals surface area contributed by atoms with Crippen molar-refractivity contribution < 1.29 is 24.1 Å². The third-order valence-corrected chi connectivity index (χ3v) is 5.89. The summed E-state index contributed by atoms with van der Waals surface area (Å²) < 4.78 is 17.9. The van der Waals surface area contributed by atoms with Crippen molar-refractivity contribution >= 4 is 29.3 Å². The van der Waals surface area contributed by atoms with E-state index >= 15 is 0 Å². The van der Waals surface area contributed by atoms with Crippen LogP contribution in [0.15, 0.2) is 71.6 Å². The van der Waals surface area contributed by atoms with E-state index < -0.39 is 5.97 Å². The number of carboxylic acids is 1. The topological polar surface area (TPSA) is 65.0 Å². The fourth-order valence-corrected chi connectivity index (χ4v) is 3.81. The molecule has 0 aliphatic heterocycles. The molecule has 5 nitrogen and oxygen atoms in total. The maximum Gasteiger partial charge on any atom is 0.313 e. The van der Waals surface area contributed by atoms with Crippen molar-refractivity contribution in [3.05, 3.63) is 77.3 Å². The van der Waals surface area contributed by atoms with Crippen molar-refractivity contribution in [1.29, 1.82) is 0 Å². The van der Waals surface area contributed by atoms with E-state index in [0.717, 1.165) is 16.2 Å². The van der Waals surface area contributed by atoms with E-state index in [4.69, 9.17) is 30.9 Å². The lowest BCUT2D eigenvalue weighted by molar-refractivity contribution is -0.133. The summed E-state index contributed by atoms with van der Waals surface area (Å²) in [6.07, 6.45) is 0.597. The first-order chi connectivity index (χ1) is 15.4. The Balaban J connectivity index is 1.53. The van der Waals surface area contributed by atoms with E-state index in [2.05, 4.69) is 0 Å². The van der Waals surface area contributed by atoms with E-state index in [9.17, 15) is 4.79 Å². The Morgan fingerprint density at radius 2 is 1.81 bits per heavy atom. The van der Waals surface area contributed by atoms with Gasteiger partial charge in [0, 0.05) is 22.4 Å². The summed E-state index contributed by atoms with van der Waals surface area (Å²) in [4.78, 5) is 11.7. The van der Waals surface area contributed by atoms with Crippen LogP contribution in [0.4, 0.5) is 0 Å². The Kier molecular flexibility index (Phi) is 8.71. The Hall–Kier alpha value is -2.83. The molecule has 168 valence electrons. The fraction of sp³-hybridized carbons (Fsp3) is 0.240. The van der Waals surface area contributed by atoms with Crippen LogP contribution in [-0.2, 0) is 4.79 Å². The van der Waals surface area contributed by atoms with Crippen LogP contribution in [0.25, 0.3) is 0 Å². The standard InChI is InChI=1S/C25H25ClO5S/c1-17-14-21(9-11-24(17)32-16-25(27)28)30-18(2)12-13-29-22-10-8-19(26)15-23(22)31-20-6-4-3-5-7-20/h3-11,14-15,18H,12-13,16H2,1-2H3,(H,27,28). The highest BCUT2D eigenvalue weighted by Gasteiger charge is 2.11. The van der Waals surface area contributed by atoms with Crippen LogP contribution in [0.3, 0.4) is 0 Å². The number of ether oxygens (including phenoxy) is 3. The summed E-state index contributed by atoms with van der Waals surface area (Å²) in [7, 11) is 0. The van der Waals surface area contributed by atoms with Gasteiger partial charge in [-0.15, -0.1) is 11.8 Å². The number of carbonyl (C=O) groups is 1. The van der Waals surface area contributed by atoms with Gasteiger partial charge in [0.2, 0.25) is 0 Å². The summed E-state index contributed by atoms with van der Waals surface area (Å²) >= 11 is 7.43. The number of rotatable bonds is 11. The van der Waals surface area contributed by atoms with Crippen LogP contribution in [-0.4, -0.2) is 29.5 Å². The fourth-order valence-electron chi connectivity index (χ4n) is 2.92. The Bertz CT molecular complexity index is 1040. The first-order valence-corrected chi connectivity index (χ1v) is 11.5. The molecule has 0 heterocycles. The van der Waals surface area contributed by atoms with E-state index in [1.54, 1.807) is 18.2 Å². The Morgan fingerprint density at radius 1 is 1.03 bits per heavy atom. The number of halogens is 1. The first kappa shape index (κ1) is 23.8. The highest BCUT2D eigenvalue weighted by molar-refractivity contribution is 8.00. The van der Waals surface area contributed by atoms with Crippen LogP contribution in [0.2, 0.25) is 5.02 Å². The zero-order valence-electron chi connectivity index (χ0n) is 17.9. The van der Waals surface area contributed by atoms with Crippen LogP contribution < -0.4 is 14.2 Å². The Labute approximate surface area is 197 Å². The van der Waals surface area contributed by atoms with Gasteiger partial charge in [0.15, 0.2) is 11.5 Å². The van der Waals surface area contributed by atoms with Crippen molar-refractivity contribution in [2.24, 2.45) is 0 Å². The molecule has 32 heavy (non-hydrogen) atoms. The van der Waals surface area contributed by atoms with Gasteiger partial charge >= 0.3 is 5.97 Å². The number of aliphatic carboxylic acids is 1. The van der Waals surface area contributed by atoms with Gasteiger partial charge in [-0.2, -0.15) is 0 Å². The van der Waals surface area contributed by atoms with Crippen LogP contribution >= 0.6 is 23.4 Å². The van der Waals surface area contributed by atoms with Crippen LogP contribution in [0.5, 0.6) is 23.0 Å². The lowest BCUT2D eigenvalue weighted by Crippen LogP contribution is -2.16. The van der Waals surface area contributed by atoms with Gasteiger partial charge in [-0.25, -0.2) is 0 Å². The summed E-state index contributed by atoms with van der Waals surface area (Å²) in [5.74, 6) is 1.82. The first-order valence-electron chi connectivity index (χ1n) is 10.2. The van der Waals surface area contributed by atoms with Crippen molar-refractivity contribution in [3.8, 4) is 23.0 Å². The Morgan fingerprint density at radius 3 is 2.53 bits per heavy atom. The number of para-hydroxylation sites is 1. The zero-order valence-corrected chi connectivity index (χ0v) is 19.5. The maximum atomic E-state index is 10.8. The van der Waals surface area contributed by atoms with E-state index in [0.29, 0.717) is 35.3 Å². The number of hydrogen-bond acceptors (Lipinski definition) is 5. The molecule has 0 radical (unpaired) electrons. The molecule has 0 aliphatic rings. The third-order valence-electron chi connectivity index (χ3n) is 4.49. The molecule has 0 aromatic heterocycles. The smallest absolute Gasteiger partial charge is 0.313 e. The number of benzene rings is 3. The molecule has 0 fully saturated rings. The normalized spacial score (nSPS) is 11.6. The SMILES string of the molecule is Cc1cc(OC(C)CCOc2ccc(Cl)cc2Oc2ccccc2)ccc1SCC(=O)O. The second kappa shape index (κ2) is 11.7. The molecule has 1 atom stereocenters. The maximum absolute atomic E-state index is 10.8. The van der Waals surface area contributed by atoms with E-state index in [1.807, 2.05) is 62.4 Å². The van der Waals surface area contributed by atoms with Crippen LogP contribution in [0, 0.1) is 6.92 Å². The summed E-state index contributed by atoms with van der Waals surface area (Å²) in [5.41, 5.74) is 0.987. The minimum absolute atomic E-state index is 0.0372. The minimum atomic E-state index is -0.832. The molecule has 0 spiro atoms. The molecule has 7 heteroatoms. The average Bonchev–Trinajstić information content (AvgIpc) is 2.75. The zero-order chi connectivity index (χ0) is 22.9. The number of hydrogen-bond donors (Lipinski definition) is 1.